The topological polar surface area (TPSA) is 52.0 Å². The highest BCUT2D eigenvalue weighted by molar-refractivity contribution is 6.32. The normalized spacial score (nSPS) is 10.6. The molecule has 18 heavy (non-hydrogen) atoms. The van der Waals surface area contributed by atoms with Gasteiger partial charge in [-0.05, 0) is 48.2 Å². The zero-order valence-electron chi connectivity index (χ0n) is 9.79. The second kappa shape index (κ2) is 5.51. The van der Waals surface area contributed by atoms with Crippen LogP contribution in [0, 0.1) is 0 Å². The van der Waals surface area contributed by atoms with Gasteiger partial charge in [0.15, 0.2) is 0 Å². The third-order valence-electron chi connectivity index (χ3n) is 2.94. The van der Waals surface area contributed by atoms with E-state index in [4.69, 9.17) is 34.7 Å². The Morgan fingerprint density at radius 3 is 1.44 bits per heavy atom. The fourth-order valence-electron chi connectivity index (χ4n) is 1.93. The van der Waals surface area contributed by atoms with Gasteiger partial charge in [-0.3, -0.25) is 0 Å². The van der Waals surface area contributed by atoms with Crippen LogP contribution in [0.25, 0.3) is 0 Å². The first kappa shape index (κ1) is 13.1. The first-order valence-electron chi connectivity index (χ1n) is 5.65. The van der Waals surface area contributed by atoms with Crippen LogP contribution in [0.2, 0.25) is 10.0 Å². The van der Waals surface area contributed by atoms with Crippen molar-refractivity contribution in [3.05, 3.63) is 57.6 Å². The van der Waals surface area contributed by atoms with E-state index in [1.54, 1.807) is 0 Å². The van der Waals surface area contributed by atoms with Gasteiger partial charge < -0.3 is 11.5 Å². The minimum atomic E-state index is 0.681. The number of anilines is 2. The van der Waals surface area contributed by atoms with E-state index in [1.165, 1.54) is 0 Å². The molecule has 0 spiro atoms. The van der Waals surface area contributed by atoms with Crippen LogP contribution < -0.4 is 11.5 Å². The monoisotopic (exact) mass is 280 g/mol. The number of nitrogens with two attached hydrogens (primary N) is 2. The highest BCUT2D eigenvalue weighted by atomic mass is 35.5. The van der Waals surface area contributed by atoms with E-state index >= 15 is 0 Å². The fourth-order valence-corrected chi connectivity index (χ4v) is 2.48. The number of halogens is 2. The van der Waals surface area contributed by atoms with E-state index < -0.39 is 0 Å². The molecule has 2 aromatic carbocycles. The van der Waals surface area contributed by atoms with Crippen LogP contribution in [0.3, 0.4) is 0 Å². The van der Waals surface area contributed by atoms with Crippen molar-refractivity contribution in [3.63, 3.8) is 0 Å². The second-order valence-corrected chi connectivity index (χ2v) is 4.93. The van der Waals surface area contributed by atoms with E-state index in [1.807, 2.05) is 36.4 Å². The van der Waals surface area contributed by atoms with Gasteiger partial charge in [0.25, 0.3) is 0 Å². The summed E-state index contributed by atoms with van der Waals surface area (Å²) in [6.45, 7) is 0. The van der Waals surface area contributed by atoms with Crippen molar-refractivity contribution in [2.75, 3.05) is 11.5 Å². The van der Waals surface area contributed by atoms with Crippen molar-refractivity contribution in [1.82, 2.24) is 0 Å². The molecular formula is C14H14Cl2N2. The molecule has 0 fully saturated rings. The Morgan fingerprint density at radius 1 is 0.722 bits per heavy atom. The van der Waals surface area contributed by atoms with Crippen LogP contribution in [-0.2, 0) is 12.8 Å². The van der Waals surface area contributed by atoms with Crippen molar-refractivity contribution >= 4 is 34.6 Å². The lowest BCUT2D eigenvalue weighted by molar-refractivity contribution is 0.966. The molecule has 0 aromatic heterocycles. The van der Waals surface area contributed by atoms with Crippen LogP contribution in [0.5, 0.6) is 0 Å². The summed E-state index contributed by atoms with van der Waals surface area (Å²) in [4.78, 5) is 0. The van der Waals surface area contributed by atoms with E-state index in [-0.39, 0.29) is 0 Å². The minimum Gasteiger partial charge on any atom is -0.398 e. The Hall–Kier alpha value is -1.38. The largest absolute Gasteiger partial charge is 0.398 e. The minimum absolute atomic E-state index is 0.681. The molecule has 0 heterocycles. The first-order chi connectivity index (χ1) is 8.59. The van der Waals surface area contributed by atoms with Gasteiger partial charge in [-0.15, -0.1) is 0 Å². The first-order valence-corrected chi connectivity index (χ1v) is 6.41. The van der Waals surface area contributed by atoms with Crippen molar-refractivity contribution in [2.45, 2.75) is 12.8 Å². The molecule has 0 aliphatic heterocycles. The zero-order valence-corrected chi connectivity index (χ0v) is 11.3. The summed E-state index contributed by atoms with van der Waals surface area (Å²) < 4.78 is 0. The maximum absolute atomic E-state index is 6.13. The summed E-state index contributed by atoms with van der Waals surface area (Å²) in [5, 5.41) is 1.36. The van der Waals surface area contributed by atoms with E-state index in [9.17, 15) is 0 Å². The average Bonchev–Trinajstić information content (AvgIpc) is 2.31. The van der Waals surface area contributed by atoms with Crippen molar-refractivity contribution in [1.29, 1.82) is 0 Å². The molecule has 0 aliphatic carbocycles. The van der Waals surface area contributed by atoms with Crippen LogP contribution in [-0.4, -0.2) is 0 Å². The van der Waals surface area contributed by atoms with Crippen LogP contribution in [0.15, 0.2) is 36.4 Å². The van der Waals surface area contributed by atoms with Gasteiger partial charge in [-0.2, -0.15) is 0 Å². The predicted octanol–water partition coefficient (Wildman–Crippen LogP) is 3.94. The molecule has 4 N–H and O–H groups in total. The quantitative estimate of drug-likeness (QED) is 0.837. The highest BCUT2D eigenvalue weighted by Gasteiger charge is 2.08. The molecule has 0 aliphatic rings. The number of hydrogen-bond donors (Lipinski definition) is 2. The second-order valence-electron chi connectivity index (χ2n) is 4.12. The van der Waals surface area contributed by atoms with Gasteiger partial charge in [0.2, 0.25) is 0 Å². The molecule has 4 heteroatoms. The molecule has 0 bridgehead atoms. The summed E-state index contributed by atoms with van der Waals surface area (Å²) in [5.41, 5.74) is 15.1. The average molecular weight is 281 g/mol. The third-order valence-corrected chi connectivity index (χ3v) is 3.64. The van der Waals surface area contributed by atoms with E-state index in [0.29, 0.717) is 21.4 Å². The van der Waals surface area contributed by atoms with Crippen molar-refractivity contribution < 1.29 is 0 Å². The molecule has 2 rings (SSSR count). The number of rotatable bonds is 3. The Kier molecular flexibility index (Phi) is 4.00. The molecule has 2 nitrogen and oxygen atoms in total. The Morgan fingerprint density at radius 2 is 1.11 bits per heavy atom. The summed E-state index contributed by atoms with van der Waals surface area (Å²) in [6, 6.07) is 11.0. The molecule has 0 atom stereocenters. The van der Waals surface area contributed by atoms with E-state index in [0.717, 1.165) is 24.0 Å². The predicted molar refractivity (Wildman–Crippen MR) is 79.1 cm³/mol. The molecule has 0 unspecified atom stereocenters. The zero-order chi connectivity index (χ0) is 13.1. The Bertz CT molecular complexity index is 476. The summed E-state index contributed by atoms with van der Waals surface area (Å²) >= 11 is 12.3. The molecule has 94 valence electrons. The van der Waals surface area contributed by atoms with Gasteiger partial charge >= 0.3 is 0 Å². The Balaban J connectivity index is 2.22. The standard InChI is InChI=1S/C14H14Cl2N2/c15-11-3-1-5-13(17)9(11)7-8-10-12(16)4-2-6-14(10)18/h1-6H,7-8,17-18H2. The third kappa shape index (κ3) is 2.71. The van der Waals surface area contributed by atoms with Crippen LogP contribution in [0.4, 0.5) is 11.4 Å². The number of benzene rings is 2. The lowest BCUT2D eigenvalue weighted by atomic mass is 10.0. The maximum atomic E-state index is 6.13. The number of nitrogen functional groups attached to an aromatic ring is 2. The maximum Gasteiger partial charge on any atom is 0.0458 e. The summed E-state index contributed by atoms with van der Waals surface area (Å²) in [6.07, 6.45) is 1.44. The summed E-state index contributed by atoms with van der Waals surface area (Å²) in [5.74, 6) is 0. The molecule has 0 radical (unpaired) electrons. The molecule has 0 saturated carbocycles. The van der Waals surface area contributed by atoms with Gasteiger partial charge in [-0.1, -0.05) is 35.3 Å². The Labute approximate surface area is 117 Å². The van der Waals surface area contributed by atoms with Gasteiger partial charge in [-0.25, -0.2) is 0 Å². The van der Waals surface area contributed by atoms with Crippen molar-refractivity contribution in [2.24, 2.45) is 0 Å². The van der Waals surface area contributed by atoms with Crippen molar-refractivity contribution in [3.8, 4) is 0 Å². The fraction of sp³-hybridized carbons (Fsp3) is 0.143. The lowest BCUT2D eigenvalue weighted by Gasteiger charge is -2.10. The lowest BCUT2D eigenvalue weighted by Crippen LogP contribution is -2.01. The molecular weight excluding hydrogens is 267 g/mol. The molecule has 0 saturated heterocycles. The number of hydrogen-bond acceptors (Lipinski definition) is 2. The SMILES string of the molecule is Nc1cccc(Cl)c1CCc1c(N)cccc1Cl. The molecule has 2 aromatic rings. The summed E-state index contributed by atoms with van der Waals surface area (Å²) in [7, 11) is 0. The highest BCUT2D eigenvalue weighted by Crippen LogP contribution is 2.27. The van der Waals surface area contributed by atoms with Crippen LogP contribution >= 0.6 is 23.2 Å². The van der Waals surface area contributed by atoms with Crippen LogP contribution in [0.1, 0.15) is 11.1 Å². The smallest absolute Gasteiger partial charge is 0.0458 e. The molecule has 0 amide bonds. The van der Waals surface area contributed by atoms with E-state index in [2.05, 4.69) is 0 Å². The van der Waals surface area contributed by atoms with Gasteiger partial charge in [0, 0.05) is 21.4 Å². The van der Waals surface area contributed by atoms with Gasteiger partial charge in [0.1, 0.15) is 0 Å². The van der Waals surface area contributed by atoms with Gasteiger partial charge in [0.05, 0.1) is 0 Å².